The van der Waals surface area contributed by atoms with Crippen LogP contribution in [0.5, 0.6) is 11.5 Å². The number of halogens is 1. The van der Waals surface area contributed by atoms with Crippen LogP contribution in [0.15, 0.2) is 46.9 Å². The molecule has 2 aromatic carbocycles. The van der Waals surface area contributed by atoms with Gasteiger partial charge in [-0.25, -0.2) is 4.68 Å². The van der Waals surface area contributed by atoms with Gasteiger partial charge in [0.25, 0.3) is 0 Å². The van der Waals surface area contributed by atoms with Gasteiger partial charge in [0.1, 0.15) is 28.7 Å². The molecule has 0 fully saturated rings. The number of nitrogens with zero attached hydrogens (tertiary/aromatic N) is 2. The van der Waals surface area contributed by atoms with Gasteiger partial charge in [0.2, 0.25) is 0 Å². The number of fused-ring (bicyclic) bond motifs is 1. The van der Waals surface area contributed by atoms with E-state index in [4.69, 9.17) is 14.6 Å². The maximum absolute atomic E-state index is 5.62. The van der Waals surface area contributed by atoms with Crippen LogP contribution in [0.1, 0.15) is 18.4 Å². The molecule has 3 aromatic rings. The number of ether oxygens (including phenoxy) is 2. The van der Waals surface area contributed by atoms with Crippen LogP contribution in [0.3, 0.4) is 0 Å². The van der Waals surface area contributed by atoms with Crippen molar-refractivity contribution in [3.8, 4) is 28.4 Å². The van der Waals surface area contributed by atoms with E-state index in [-0.39, 0.29) is 0 Å². The van der Waals surface area contributed by atoms with E-state index < -0.39 is 0 Å². The molecule has 6 heteroatoms. The van der Waals surface area contributed by atoms with E-state index in [1.54, 1.807) is 14.2 Å². The molecular weight excluding hydrogens is 406 g/mol. The van der Waals surface area contributed by atoms with E-state index in [0.717, 1.165) is 64.5 Å². The molecule has 4 rings (SSSR count). The number of hydrogen-bond acceptors (Lipinski definition) is 4. The first-order valence-corrected chi connectivity index (χ1v) is 9.85. The first-order chi connectivity index (χ1) is 13.2. The van der Waals surface area contributed by atoms with Gasteiger partial charge < -0.3 is 14.8 Å². The summed E-state index contributed by atoms with van der Waals surface area (Å²) in [5.74, 6) is 2.64. The van der Waals surface area contributed by atoms with E-state index in [2.05, 4.69) is 27.3 Å². The van der Waals surface area contributed by atoms with Crippen molar-refractivity contribution in [2.75, 3.05) is 26.1 Å². The lowest BCUT2D eigenvalue weighted by molar-refractivity contribution is 0.412. The third kappa shape index (κ3) is 3.30. The summed E-state index contributed by atoms with van der Waals surface area (Å²) in [5.41, 5.74) is 4.07. The van der Waals surface area contributed by atoms with Crippen LogP contribution in [-0.4, -0.2) is 30.5 Å². The topological polar surface area (TPSA) is 48.3 Å². The van der Waals surface area contributed by atoms with Crippen LogP contribution in [0.25, 0.3) is 16.9 Å². The van der Waals surface area contributed by atoms with Crippen LogP contribution in [-0.2, 0) is 6.42 Å². The van der Waals surface area contributed by atoms with E-state index >= 15 is 0 Å². The Morgan fingerprint density at radius 3 is 2.67 bits per heavy atom. The van der Waals surface area contributed by atoms with E-state index in [1.165, 1.54) is 5.56 Å². The molecule has 140 valence electrons. The normalized spacial score (nSPS) is 13.4. The maximum atomic E-state index is 5.62. The number of nitrogens with one attached hydrogen (secondary N) is 1. The fraction of sp³-hybridized carbons (Fsp3) is 0.286. The number of anilines is 1. The zero-order chi connectivity index (χ0) is 18.8. The summed E-state index contributed by atoms with van der Waals surface area (Å²) in [6.45, 7) is 0.933. The summed E-state index contributed by atoms with van der Waals surface area (Å²) < 4.78 is 14.2. The first kappa shape index (κ1) is 17.9. The molecule has 1 aromatic heterocycles. The Hall–Kier alpha value is -2.47. The number of benzene rings is 2. The molecule has 0 saturated carbocycles. The fourth-order valence-electron chi connectivity index (χ4n) is 3.56. The molecule has 0 aliphatic carbocycles. The molecule has 5 nitrogen and oxygen atoms in total. The zero-order valence-electron chi connectivity index (χ0n) is 15.5. The average molecular weight is 428 g/mol. The summed E-state index contributed by atoms with van der Waals surface area (Å²) in [4.78, 5) is 0. The molecule has 0 radical (unpaired) electrons. The number of methoxy groups -OCH3 is 2. The highest BCUT2D eigenvalue weighted by Crippen LogP contribution is 2.40. The van der Waals surface area contributed by atoms with E-state index in [0.29, 0.717) is 0 Å². The van der Waals surface area contributed by atoms with Crippen LogP contribution < -0.4 is 14.8 Å². The van der Waals surface area contributed by atoms with E-state index in [1.807, 2.05) is 41.1 Å². The lowest BCUT2D eigenvalue weighted by Crippen LogP contribution is -2.08. The van der Waals surface area contributed by atoms with Gasteiger partial charge >= 0.3 is 0 Å². The molecule has 0 spiro atoms. The smallest absolute Gasteiger partial charge is 0.144 e. The highest BCUT2D eigenvalue weighted by atomic mass is 79.9. The van der Waals surface area contributed by atoms with Gasteiger partial charge in [-0.05, 0) is 49.6 Å². The monoisotopic (exact) mass is 427 g/mol. The Kier molecular flexibility index (Phi) is 5.07. The predicted molar refractivity (Wildman–Crippen MR) is 111 cm³/mol. The second-order valence-electron chi connectivity index (χ2n) is 6.49. The van der Waals surface area contributed by atoms with Crippen LogP contribution in [0.4, 0.5) is 5.82 Å². The van der Waals surface area contributed by atoms with Gasteiger partial charge in [0, 0.05) is 22.1 Å². The Balaban J connectivity index is 1.97. The SMILES string of the molecule is COc1ccc(Br)cc1-c1nn(-c2ccccc2OC)c2c1CCCCN2. The first-order valence-electron chi connectivity index (χ1n) is 9.06. The summed E-state index contributed by atoms with van der Waals surface area (Å²) >= 11 is 3.58. The highest BCUT2D eigenvalue weighted by Gasteiger charge is 2.24. The van der Waals surface area contributed by atoms with Crippen molar-refractivity contribution in [3.63, 3.8) is 0 Å². The minimum atomic E-state index is 0.793. The molecule has 27 heavy (non-hydrogen) atoms. The largest absolute Gasteiger partial charge is 0.496 e. The number of para-hydroxylation sites is 2. The van der Waals surface area contributed by atoms with Crippen molar-refractivity contribution in [2.45, 2.75) is 19.3 Å². The average Bonchev–Trinajstić information content (AvgIpc) is 2.88. The summed E-state index contributed by atoms with van der Waals surface area (Å²) in [6.07, 6.45) is 3.24. The molecule has 1 aliphatic heterocycles. The molecule has 1 N–H and O–H groups in total. The minimum Gasteiger partial charge on any atom is -0.496 e. The Labute approximate surface area is 167 Å². The Morgan fingerprint density at radius 1 is 1.04 bits per heavy atom. The van der Waals surface area contributed by atoms with Gasteiger partial charge in [-0.3, -0.25) is 0 Å². The van der Waals surface area contributed by atoms with Crippen LogP contribution >= 0.6 is 15.9 Å². The van der Waals surface area contributed by atoms with Gasteiger partial charge in [-0.15, -0.1) is 0 Å². The Bertz CT molecular complexity index is 968. The lowest BCUT2D eigenvalue weighted by Gasteiger charge is -2.12. The summed E-state index contributed by atoms with van der Waals surface area (Å²) in [7, 11) is 3.38. The molecular formula is C21H22BrN3O2. The van der Waals surface area contributed by atoms with Crippen molar-refractivity contribution >= 4 is 21.7 Å². The van der Waals surface area contributed by atoms with Crippen LogP contribution in [0, 0.1) is 0 Å². The van der Waals surface area contributed by atoms with Gasteiger partial charge in [0.05, 0.1) is 14.2 Å². The molecule has 0 unspecified atom stereocenters. The molecule has 0 saturated heterocycles. The van der Waals surface area contributed by atoms with Gasteiger partial charge in [-0.1, -0.05) is 28.1 Å². The van der Waals surface area contributed by atoms with Crippen molar-refractivity contribution in [1.29, 1.82) is 0 Å². The predicted octanol–water partition coefficient (Wildman–Crippen LogP) is 5.07. The second kappa shape index (κ2) is 7.64. The highest BCUT2D eigenvalue weighted by molar-refractivity contribution is 9.10. The lowest BCUT2D eigenvalue weighted by atomic mass is 10.0. The van der Waals surface area contributed by atoms with Crippen LogP contribution in [0.2, 0.25) is 0 Å². The molecule has 0 amide bonds. The fourth-order valence-corrected chi connectivity index (χ4v) is 3.92. The number of rotatable bonds is 4. The number of hydrogen-bond donors (Lipinski definition) is 1. The molecule has 0 atom stereocenters. The summed E-state index contributed by atoms with van der Waals surface area (Å²) in [5, 5.41) is 8.58. The quantitative estimate of drug-likeness (QED) is 0.631. The van der Waals surface area contributed by atoms with Gasteiger partial charge in [-0.2, -0.15) is 5.10 Å². The Morgan fingerprint density at radius 2 is 1.85 bits per heavy atom. The third-order valence-corrected chi connectivity index (χ3v) is 5.35. The minimum absolute atomic E-state index is 0.793. The second-order valence-corrected chi connectivity index (χ2v) is 7.40. The third-order valence-electron chi connectivity index (χ3n) is 4.86. The zero-order valence-corrected chi connectivity index (χ0v) is 17.0. The van der Waals surface area contributed by atoms with Gasteiger partial charge in [0.15, 0.2) is 0 Å². The number of aromatic nitrogens is 2. The van der Waals surface area contributed by atoms with Crippen molar-refractivity contribution in [2.24, 2.45) is 0 Å². The molecule has 2 heterocycles. The summed E-state index contributed by atoms with van der Waals surface area (Å²) in [6, 6.07) is 14.0. The maximum Gasteiger partial charge on any atom is 0.144 e. The van der Waals surface area contributed by atoms with Crippen molar-refractivity contribution in [3.05, 3.63) is 52.5 Å². The standard InChI is InChI=1S/C21H22BrN3O2/c1-26-18-11-10-14(22)13-16(18)20-15-7-5-6-12-23-21(15)25(24-20)17-8-3-4-9-19(17)27-2/h3-4,8-11,13,23H,5-7,12H2,1-2H3. The van der Waals surface area contributed by atoms with Crippen molar-refractivity contribution < 1.29 is 9.47 Å². The molecule has 0 bridgehead atoms. The molecule has 1 aliphatic rings. The van der Waals surface area contributed by atoms with Crippen molar-refractivity contribution in [1.82, 2.24) is 9.78 Å². The van der Waals surface area contributed by atoms with E-state index in [9.17, 15) is 0 Å².